The molecule has 0 spiro atoms. The van der Waals surface area contributed by atoms with E-state index in [-0.39, 0.29) is 5.41 Å². The summed E-state index contributed by atoms with van der Waals surface area (Å²) < 4.78 is 15.0. The number of aromatic nitrogens is 3. The van der Waals surface area contributed by atoms with Gasteiger partial charge in [0.05, 0.1) is 0 Å². The largest absolute Gasteiger partial charge is 0.309 e. The Morgan fingerprint density at radius 1 is 0.279 bits per heavy atom. The number of hydrogen-bond donors (Lipinski definition) is 0. The molecule has 0 aliphatic heterocycles. The van der Waals surface area contributed by atoms with E-state index in [1.54, 1.807) is 0 Å². The third kappa shape index (κ3) is 8.45. The minimum atomic E-state index is -3.05. The van der Waals surface area contributed by atoms with Crippen molar-refractivity contribution >= 4 is 23.1 Å². The second-order valence-electron chi connectivity index (χ2n) is 17.8. The van der Waals surface area contributed by atoms with Crippen molar-refractivity contribution in [3.63, 3.8) is 0 Å². The molecule has 1 aliphatic rings. The summed E-state index contributed by atoms with van der Waals surface area (Å²) in [6.07, 6.45) is 5.80. The van der Waals surface area contributed by atoms with Gasteiger partial charge < -0.3 is 4.57 Å². The molecule has 11 rings (SSSR count). The van der Waals surface area contributed by atoms with Crippen LogP contribution in [0.2, 0.25) is 0 Å². The molecule has 328 valence electrons. The highest BCUT2D eigenvalue weighted by Gasteiger charge is 2.36. The van der Waals surface area contributed by atoms with Gasteiger partial charge in [-0.1, -0.05) is 262 Å². The number of nitrogens with zero attached hydrogens (tertiary/aromatic N) is 3. The Bertz CT molecular complexity index is 3280. The molecule has 1 saturated carbocycles. The van der Waals surface area contributed by atoms with E-state index >= 15 is 0 Å². The molecule has 0 unspecified atom stereocenters. The second-order valence-corrected chi connectivity index (χ2v) is 20.6. The standard InChI is InChI=1S/C63H50N3OP/c67-68(57-20-10-3-11-21-57,58-22-12-4-13-23-58)59-42-36-51(37-43-59)50-32-38-55(39-33-50)63(44-14-5-15-45-63)56-40-34-54(35-41-56)62-65-60(52-18-8-2-9-19-52)64-61(66-62)53-30-28-49(29-31-53)48-26-24-47(25-27-48)46-16-6-1-7-17-46/h1-4,6-13,16-43H,5,14-15,44-45H2. The highest BCUT2D eigenvalue weighted by molar-refractivity contribution is 7.85. The SMILES string of the molecule is O=P(c1ccccc1)(c1ccccc1)c1ccc(-c2ccc(C3(c4ccc(-c5nc(-c6ccccc6)nc(-c6ccc(-c7ccc(-c8ccccc8)cc7)cc6)n5)cc4)CCCCC3)cc2)cc1. The van der Waals surface area contributed by atoms with Crippen LogP contribution in [0.5, 0.6) is 0 Å². The molecular weight excluding hydrogens is 846 g/mol. The van der Waals surface area contributed by atoms with Crippen LogP contribution < -0.4 is 15.9 Å². The van der Waals surface area contributed by atoms with Crippen LogP contribution in [0.4, 0.5) is 0 Å². The summed E-state index contributed by atoms with van der Waals surface area (Å²) in [5.41, 5.74) is 12.4. The van der Waals surface area contributed by atoms with Crippen molar-refractivity contribution in [3.05, 3.63) is 254 Å². The molecule has 1 aromatic heterocycles. The van der Waals surface area contributed by atoms with Gasteiger partial charge in [0.1, 0.15) is 0 Å². The third-order valence-corrected chi connectivity index (χ3v) is 16.9. The third-order valence-electron chi connectivity index (χ3n) is 13.8. The number of hydrogen-bond acceptors (Lipinski definition) is 4. The quantitative estimate of drug-likeness (QED) is 0.121. The molecule has 0 N–H and O–H groups in total. The fraction of sp³-hybridized carbons (Fsp3) is 0.0952. The molecule has 0 atom stereocenters. The summed E-state index contributed by atoms with van der Waals surface area (Å²) in [4.78, 5) is 15.2. The molecule has 9 aromatic carbocycles. The van der Waals surface area contributed by atoms with E-state index in [9.17, 15) is 4.57 Å². The van der Waals surface area contributed by atoms with Crippen molar-refractivity contribution in [2.75, 3.05) is 0 Å². The van der Waals surface area contributed by atoms with Crippen LogP contribution in [0.1, 0.15) is 43.2 Å². The molecule has 5 heteroatoms. The average Bonchev–Trinajstić information content (AvgIpc) is 3.44. The van der Waals surface area contributed by atoms with Gasteiger partial charge in [-0.25, -0.2) is 15.0 Å². The van der Waals surface area contributed by atoms with Crippen molar-refractivity contribution < 1.29 is 4.57 Å². The van der Waals surface area contributed by atoms with E-state index in [1.807, 2.05) is 84.9 Å². The van der Waals surface area contributed by atoms with E-state index < -0.39 is 7.14 Å². The lowest BCUT2D eigenvalue weighted by molar-refractivity contribution is 0.346. The van der Waals surface area contributed by atoms with E-state index in [0.717, 1.165) is 67.7 Å². The van der Waals surface area contributed by atoms with Crippen molar-refractivity contribution in [1.82, 2.24) is 15.0 Å². The Morgan fingerprint density at radius 3 is 0.941 bits per heavy atom. The maximum absolute atomic E-state index is 15.0. The van der Waals surface area contributed by atoms with Gasteiger partial charge in [-0.3, -0.25) is 0 Å². The van der Waals surface area contributed by atoms with Gasteiger partial charge in [0, 0.05) is 38.0 Å². The molecule has 0 amide bonds. The van der Waals surface area contributed by atoms with Crippen LogP contribution in [0.25, 0.3) is 67.5 Å². The molecule has 4 nitrogen and oxygen atoms in total. The van der Waals surface area contributed by atoms with Crippen molar-refractivity contribution in [3.8, 4) is 67.5 Å². The molecule has 0 saturated heterocycles. The van der Waals surface area contributed by atoms with Crippen molar-refractivity contribution in [1.29, 1.82) is 0 Å². The first-order chi connectivity index (χ1) is 33.5. The average molecular weight is 896 g/mol. The highest BCUT2D eigenvalue weighted by Crippen LogP contribution is 2.46. The number of rotatable bonds is 11. The van der Waals surface area contributed by atoms with Gasteiger partial charge >= 0.3 is 0 Å². The van der Waals surface area contributed by atoms with Crippen LogP contribution in [-0.2, 0) is 9.98 Å². The number of benzene rings is 9. The van der Waals surface area contributed by atoms with Crippen LogP contribution in [0, 0.1) is 0 Å². The normalized spacial score (nSPS) is 13.5. The Kier molecular flexibility index (Phi) is 11.9. The van der Waals surface area contributed by atoms with Crippen LogP contribution in [-0.4, -0.2) is 15.0 Å². The fourth-order valence-corrected chi connectivity index (χ4v) is 12.7. The zero-order valence-corrected chi connectivity index (χ0v) is 38.7. The summed E-state index contributed by atoms with van der Waals surface area (Å²) in [5, 5.41) is 2.51. The van der Waals surface area contributed by atoms with E-state index in [0.29, 0.717) is 17.5 Å². The lowest BCUT2D eigenvalue weighted by Crippen LogP contribution is -2.30. The van der Waals surface area contributed by atoms with Gasteiger partial charge in [-0.05, 0) is 57.3 Å². The summed E-state index contributed by atoms with van der Waals surface area (Å²) in [6.45, 7) is 0. The second kappa shape index (κ2) is 18.8. The Balaban J connectivity index is 0.873. The molecule has 1 heterocycles. The Labute approximate surface area is 399 Å². The minimum Gasteiger partial charge on any atom is -0.309 e. The summed E-state index contributed by atoms with van der Waals surface area (Å²) in [7, 11) is -3.05. The molecule has 68 heavy (non-hydrogen) atoms. The molecule has 0 bridgehead atoms. The van der Waals surface area contributed by atoms with Gasteiger partial charge in [-0.2, -0.15) is 0 Å². The smallest absolute Gasteiger partial charge is 0.171 e. The summed E-state index contributed by atoms with van der Waals surface area (Å²) in [5.74, 6) is 1.94. The molecule has 10 aromatic rings. The van der Waals surface area contributed by atoms with Gasteiger partial charge in [0.2, 0.25) is 0 Å². The predicted octanol–water partition coefficient (Wildman–Crippen LogP) is 14.8. The van der Waals surface area contributed by atoms with Gasteiger partial charge in [0.15, 0.2) is 24.6 Å². The molecule has 1 aliphatic carbocycles. The van der Waals surface area contributed by atoms with Crippen LogP contribution in [0.15, 0.2) is 243 Å². The van der Waals surface area contributed by atoms with Gasteiger partial charge in [-0.15, -0.1) is 0 Å². The zero-order chi connectivity index (χ0) is 45.8. The zero-order valence-electron chi connectivity index (χ0n) is 37.8. The maximum atomic E-state index is 15.0. The first kappa shape index (κ1) is 42.8. The minimum absolute atomic E-state index is 0.0970. The summed E-state index contributed by atoms with van der Waals surface area (Å²) in [6, 6.07) is 84.1. The molecular formula is C63H50N3OP. The summed E-state index contributed by atoms with van der Waals surface area (Å²) >= 11 is 0. The highest BCUT2D eigenvalue weighted by atomic mass is 31.2. The van der Waals surface area contributed by atoms with Crippen molar-refractivity contribution in [2.45, 2.75) is 37.5 Å². The molecule has 1 fully saturated rings. The van der Waals surface area contributed by atoms with Gasteiger partial charge in [0.25, 0.3) is 0 Å². The Morgan fingerprint density at radius 2 is 0.544 bits per heavy atom. The van der Waals surface area contributed by atoms with Crippen molar-refractivity contribution in [2.24, 2.45) is 0 Å². The monoisotopic (exact) mass is 895 g/mol. The fourth-order valence-electron chi connectivity index (χ4n) is 10.1. The van der Waals surface area contributed by atoms with Crippen LogP contribution in [0.3, 0.4) is 0 Å². The van der Waals surface area contributed by atoms with E-state index in [1.165, 1.54) is 41.5 Å². The lowest BCUT2D eigenvalue weighted by Gasteiger charge is -2.39. The predicted molar refractivity (Wildman–Crippen MR) is 282 cm³/mol. The lowest BCUT2D eigenvalue weighted by atomic mass is 9.65. The first-order valence-corrected chi connectivity index (χ1v) is 25.4. The first-order valence-electron chi connectivity index (χ1n) is 23.7. The van der Waals surface area contributed by atoms with E-state index in [2.05, 4.69) is 158 Å². The van der Waals surface area contributed by atoms with Crippen LogP contribution >= 0.6 is 7.14 Å². The maximum Gasteiger partial charge on any atom is 0.171 e. The Hall–Kier alpha value is -7.78. The topological polar surface area (TPSA) is 55.7 Å². The van der Waals surface area contributed by atoms with E-state index in [4.69, 9.17) is 15.0 Å². The molecule has 0 radical (unpaired) electrons.